The number of nitrogens with one attached hydrogen (secondary N) is 2. The Morgan fingerprint density at radius 1 is 1.32 bits per heavy atom. The second-order valence-corrected chi connectivity index (χ2v) is 6.61. The molecular weight excluding hydrogens is 351 g/mol. The first-order valence-electron chi connectivity index (χ1n) is 8.04. The van der Waals surface area contributed by atoms with Gasteiger partial charge in [0.1, 0.15) is 5.82 Å². The molecule has 1 aliphatic rings. The summed E-state index contributed by atoms with van der Waals surface area (Å²) in [6.45, 7) is -0.0289. The Labute approximate surface area is 149 Å². The van der Waals surface area contributed by atoms with Crippen LogP contribution in [0.1, 0.15) is 44.1 Å². The number of hydrogen-bond acceptors (Lipinski definition) is 3. The summed E-state index contributed by atoms with van der Waals surface area (Å²) in [5, 5.41) is 14.5. The predicted molar refractivity (Wildman–Crippen MR) is 89.5 cm³/mol. The van der Waals surface area contributed by atoms with Crippen molar-refractivity contribution >= 4 is 29.4 Å². The van der Waals surface area contributed by atoms with Crippen LogP contribution in [0.15, 0.2) is 18.2 Å². The molecule has 1 aromatic carbocycles. The van der Waals surface area contributed by atoms with Crippen LogP contribution < -0.4 is 10.6 Å². The SMILES string of the molecule is O=C(O)CC[C@@]1(CCC(=O)NCc2c(F)cccc2Cl)CCC(=O)N1. The van der Waals surface area contributed by atoms with Gasteiger partial charge in [0, 0.05) is 41.9 Å². The molecule has 2 rings (SSSR count). The fourth-order valence-corrected chi connectivity index (χ4v) is 3.18. The van der Waals surface area contributed by atoms with Crippen molar-refractivity contribution in [3.63, 3.8) is 0 Å². The molecule has 0 aromatic heterocycles. The maximum absolute atomic E-state index is 13.7. The molecule has 1 heterocycles. The second-order valence-electron chi connectivity index (χ2n) is 6.20. The van der Waals surface area contributed by atoms with Gasteiger partial charge in [-0.15, -0.1) is 0 Å². The van der Waals surface area contributed by atoms with Crippen molar-refractivity contribution in [3.05, 3.63) is 34.6 Å². The van der Waals surface area contributed by atoms with Crippen LogP contribution in [0.4, 0.5) is 4.39 Å². The van der Waals surface area contributed by atoms with E-state index >= 15 is 0 Å². The van der Waals surface area contributed by atoms with E-state index in [1.165, 1.54) is 12.1 Å². The summed E-state index contributed by atoms with van der Waals surface area (Å²) in [5.74, 6) is -1.88. The van der Waals surface area contributed by atoms with Crippen molar-refractivity contribution in [3.8, 4) is 0 Å². The van der Waals surface area contributed by atoms with E-state index in [0.29, 0.717) is 19.3 Å². The summed E-state index contributed by atoms with van der Waals surface area (Å²) >= 11 is 5.91. The standard InChI is InChI=1S/C17H20ClFN2O4/c18-12-2-1-3-13(19)11(12)10-20-14(22)4-7-17(9-6-16(24)25)8-5-15(23)21-17/h1-3H,4-10H2,(H,20,22)(H,21,23)(H,24,25)/t17-/m1/s1. The first-order chi connectivity index (χ1) is 11.8. The number of halogens is 2. The van der Waals surface area contributed by atoms with Crippen LogP contribution >= 0.6 is 11.6 Å². The third-order valence-electron chi connectivity index (χ3n) is 4.41. The van der Waals surface area contributed by atoms with E-state index in [-0.39, 0.29) is 48.2 Å². The summed E-state index contributed by atoms with van der Waals surface area (Å²) in [7, 11) is 0. The van der Waals surface area contributed by atoms with Gasteiger partial charge in [0.15, 0.2) is 0 Å². The zero-order chi connectivity index (χ0) is 18.4. The van der Waals surface area contributed by atoms with E-state index in [9.17, 15) is 18.8 Å². The highest BCUT2D eigenvalue weighted by Crippen LogP contribution is 2.30. The third-order valence-corrected chi connectivity index (χ3v) is 4.76. The maximum atomic E-state index is 13.7. The van der Waals surface area contributed by atoms with E-state index in [1.54, 1.807) is 6.07 Å². The average molecular weight is 371 g/mol. The molecule has 0 unspecified atom stereocenters. The van der Waals surface area contributed by atoms with E-state index in [4.69, 9.17) is 16.7 Å². The molecule has 0 radical (unpaired) electrons. The Hall–Kier alpha value is -2.15. The quantitative estimate of drug-likeness (QED) is 0.654. The topological polar surface area (TPSA) is 95.5 Å². The van der Waals surface area contributed by atoms with Crippen LogP contribution in [-0.2, 0) is 20.9 Å². The first-order valence-corrected chi connectivity index (χ1v) is 8.41. The lowest BCUT2D eigenvalue weighted by molar-refractivity contribution is -0.137. The van der Waals surface area contributed by atoms with Crippen LogP contribution in [0.5, 0.6) is 0 Å². The van der Waals surface area contributed by atoms with Crippen molar-refractivity contribution in [1.29, 1.82) is 0 Å². The first kappa shape index (κ1) is 19.2. The largest absolute Gasteiger partial charge is 0.481 e. The van der Waals surface area contributed by atoms with Crippen LogP contribution in [0, 0.1) is 5.82 Å². The number of benzene rings is 1. The molecule has 8 heteroatoms. The molecule has 6 nitrogen and oxygen atoms in total. The molecule has 1 aromatic rings. The minimum atomic E-state index is -0.945. The Kier molecular flexibility index (Phi) is 6.36. The molecule has 0 saturated carbocycles. The zero-order valence-corrected chi connectivity index (χ0v) is 14.4. The van der Waals surface area contributed by atoms with Gasteiger partial charge >= 0.3 is 5.97 Å². The molecule has 25 heavy (non-hydrogen) atoms. The summed E-state index contributed by atoms with van der Waals surface area (Å²) in [4.78, 5) is 34.4. The average Bonchev–Trinajstić information content (AvgIpc) is 2.92. The van der Waals surface area contributed by atoms with Crippen molar-refractivity contribution < 1.29 is 23.9 Å². The van der Waals surface area contributed by atoms with Crippen LogP contribution in [0.25, 0.3) is 0 Å². The van der Waals surface area contributed by atoms with Crippen LogP contribution in [0.3, 0.4) is 0 Å². The monoisotopic (exact) mass is 370 g/mol. The fourth-order valence-electron chi connectivity index (χ4n) is 2.95. The lowest BCUT2D eigenvalue weighted by atomic mass is 9.86. The van der Waals surface area contributed by atoms with Crippen molar-refractivity contribution in [2.45, 2.75) is 50.6 Å². The van der Waals surface area contributed by atoms with Gasteiger partial charge in [0.25, 0.3) is 0 Å². The number of carboxylic acids is 1. The maximum Gasteiger partial charge on any atom is 0.303 e. The van der Waals surface area contributed by atoms with Crippen molar-refractivity contribution in [2.24, 2.45) is 0 Å². The summed E-state index contributed by atoms with van der Waals surface area (Å²) in [6.07, 6.45) is 1.47. The Morgan fingerprint density at radius 3 is 2.64 bits per heavy atom. The highest BCUT2D eigenvalue weighted by atomic mass is 35.5. The third kappa shape index (κ3) is 5.42. The number of carboxylic acid groups (broad SMARTS) is 1. The number of aliphatic carboxylic acids is 1. The molecule has 1 atom stereocenters. The molecular formula is C17H20ClFN2O4. The molecule has 1 saturated heterocycles. The number of carbonyl (C=O) groups is 3. The Morgan fingerprint density at radius 2 is 2.04 bits per heavy atom. The lowest BCUT2D eigenvalue weighted by Gasteiger charge is -2.28. The number of hydrogen-bond donors (Lipinski definition) is 3. The Balaban J connectivity index is 1.88. The molecule has 136 valence electrons. The molecule has 0 aliphatic carbocycles. The molecule has 1 aliphatic heterocycles. The van der Waals surface area contributed by atoms with Crippen LogP contribution in [-0.4, -0.2) is 28.4 Å². The van der Waals surface area contributed by atoms with Crippen molar-refractivity contribution in [1.82, 2.24) is 10.6 Å². The van der Waals surface area contributed by atoms with E-state index in [0.717, 1.165) is 0 Å². The normalized spacial score (nSPS) is 19.5. The van der Waals surface area contributed by atoms with Gasteiger partial charge in [-0.05, 0) is 31.4 Å². The fraction of sp³-hybridized carbons (Fsp3) is 0.471. The highest BCUT2D eigenvalue weighted by molar-refractivity contribution is 6.31. The highest BCUT2D eigenvalue weighted by Gasteiger charge is 2.37. The lowest BCUT2D eigenvalue weighted by Crippen LogP contribution is -2.43. The smallest absolute Gasteiger partial charge is 0.303 e. The second kappa shape index (κ2) is 8.29. The molecule has 1 fully saturated rings. The summed E-state index contributed by atoms with van der Waals surface area (Å²) in [6, 6.07) is 4.29. The summed E-state index contributed by atoms with van der Waals surface area (Å²) in [5.41, 5.74) is -0.449. The van der Waals surface area contributed by atoms with Gasteiger partial charge in [-0.1, -0.05) is 17.7 Å². The van der Waals surface area contributed by atoms with E-state index in [1.807, 2.05) is 0 Å². The number of carbonyl (C=O) groups excluding carboxylic acids is 2. The van der Waals surface area contributed by atoms with Gasteiger partial charge in [-0.25, -0.2) is 4.39 Å². The van der Waals surface area contributed by atoms with E-state index in [2.05, 4.69) is 10.6 Å². The van der Waals surface area contributed by atoms with Crippen LogP contribution in [0.2, 0.25) is 5.02 Å². The van der Waals surface area contributed by atoms with Gasteiger partial charge in [-0.3, -0.25) is 14.4 Å². The Bertz CT molecular complexity index is 662. The minimum absolute atomic E-state index is 0.0289. The molecule has 0 bridgehead atoms. The number of rotatable bonds is 8. The minimum Gasteiger partial charge on any atom is -0.481 e. The van der Waals surface area contributed by atoms with Gasteiger partial charge in [0.2, 0.25) is 11.8 Å². The molecule has 2 amide bonds. The molecule has 3 N–H and O–H groups in total. The van der Waals surface area contributed by atoms with Gasteiger partial charge < -0.3 is 15.7 Å². The number of amides is 2. The van der Waals surface area contributed by atoms with Gasteiger partial charge in [0.05, 0.1) is 0 Å². The van der Waals surface area contributed by atoms with Gasteiger partial charge in [-0.2, -0.15) is 0 Å². The molecule has 0 spiro atoms. The van der Waals surface area contributed by atoms with Crippen molar-refractivity contribution in [2.75, 3.05) is 0 Å². The zero-order valence-electron chi connectivity index (χ0n) is 13.6. The summed E-state index contributed by atoms with van der Waals surface area (Å²) < 4.78 is 13.7. The van der Waals surface area contributed by atoms with E-state index < -0.39 is 17.3 Å². The predicted octanol–water partition coefficient (Wildman–Crippen LogP) is 2.39.